The highest BCUT2D eigenvalue weighted by molar-refractivity contribution is 6.26. The molecule has 0 bridgehead atoms. The van der Waals surface area contributed by atoms with Gasteiger partial charge in [0.2, 0.25) is 0 Å². The number of anilines is 3. The fourth-order valence-corrected chi connectivity index (χ4v) is 8.29. The Morgan fingerprint density at radius 1 is 0.352 bits per heavy atom. The normalized spacial score (nSPS) is 11.7. The highest BCUT2D eigenvalue weighted by Gasteiger charge is 2.20. The maximum absolute atomic E-state index is 5.60. The molecule has 0 atom stereocenters. The number of hydrogen-bond donors (Lipinski definition) is 0. The van der Waals surface area contributed by atoms with Gasteiger partial charge in [0.1, 0.15) is 0 Å². The lowest BCUT2D eigenvalue weighted by Crippen LogP contribution is -2.09. The SMILES string of the molecule is c1ccc(-c2ccc(-n3c4ccccc4c4c5nc6c7ccc(N(c8ccccc8)c8ccccc8)cc7c7ccccc7c6nc5ccc43)cc2)cc1. The Morgan fingerprint density at radius 2 is 0.926 bits per heavy atom. The molecule has 2 aromatic heterocycles. The fourth-order valence-electron chi connectivity index (χ4n) is 8.29. The van der Waals surface area contributed by atoms with Crippen molar-refractivity contribution in [2.75, 3.05) is 4.90 Å². The predicted molar refractivity (Wildman–Crippen MR) is 227 cm³/mol. The van der Waals surface area contributed by atoms with Gasteiger partial charge in [0.15, 0.2) is 0 Å². The van der Waals surface area contributed by atoms with Gasteiger partial charge >= 0.3 is 0 Å². The van der Waals surface area contributed by atoms with Gasteiger partial charge in [0.25, 0.3) is 0 Å². The average molecular weight is 689 g/mol. The van der Waals surface area contributed by atoms with Gasteiger partial charge < -0.3 is 9.47 Å². The summed E-state index contributed by atoms with van der Waals surface area (Å²) in [6.07, 6.45) is 0. The summed E-state index contributed by atoms with van der Waals surface area (Å²) >= 11 is 0. The Kier molecular flexibility index (Phi) is 6.82. The summed E-state index contributed by atoms with van der Waals surface area (Å²) in [5.74, 6) is 0. The Bertz CT molecular complexity index is 3150. The summed E-state index contributed by atoms with van der Waals surface area (Å²) in [5.41, 5.74) is 12.7. The van der Waals surface area contributed by atoms with Crippen molar-refractivity contribution in [3.05, 3.63) is 194 Å². The van der Waals surface area contributed by atoms with Gasteiger partial charge in [-0.1, -0.05) is 127 Å². The van der Waals surface area contributed by atoms with Crippen LogP contribution in [0.4, 0.5) is 17.1 Å². The lowest BCUT2D eigenvalue weighted by Gasteiger charge is -2.26. The van der Waals surface area contributed by atoms with Crippen LogP contribution in [-0.2, 0) is 0 Å². The van der Waals surface area contributed by atoms with Gasteiger partial charge in [0, 0.05) is 44.3 Å². The van der Waals surface area contributed by atoms with Crippen molar-refractivity contribution in [1.29, 1.82) is 0 Å². The standard InChI is InChI=1S/C50H32N4/c1-4-14-33(15-5-1)34-24-26-37(27-25-34)54-45-23-13-12-22-42(45)47-46(54)31-30-44-50(47)52-49-41-29-28-38(32-43(41)39-20-10-11-21-40(39)48(49)51-44)53(35-16-6-2-7-17-35)36-18-8-3-9-19-36/h1-32H. The lowest BCUT2D eigenvalue weighted by atomic mass is 9.98. The minimum atomic E-state index is 0.887. The van der Waals surface area contributed by atoms with E-state index in [0.717, 1.165) is 88.2 Å². The Balaban J connectivity index is 1.17. The monoisotopic (exact) mass is 688 g/mol. The molecule has 11 aromatic rings. The molecule has 2 heterocycles. The number of fused-ring (bicyclic) bond motifs is 11. The molecule has 4 nitrogen and oxygen atoms in total. The van der Waals surface area contributed by atoms with E-state index >= 15 is 0 Å². The minimum absolute atomic E-state index is 0.887. The second-order valence-electron chi connectivity index (χ2n) is 13.8. The van der Waals surface area contributed by atoms with Crippen LogP contribution in [0.1, 0.15) is 0 Å². The molecule has 0 amide bonds. The lowest BCUT2D eigenvalue weighted by molar-refractivity contribution is 1.18. The summed E-state index contributed by atoms with van der Waals surface area (Å²) in [6, 6.07) is 68.9. The molecule has 0 aliphatic heterocycles. The largest absolute Gasteiger partial charge is 0.310 e. The minimum Gasteiger partial charge on any atom is -0.310 e. The van der Waals surface area contributed by atoms with E-state index in [0.29, 0.717) is 0 Å². The predicted octanol–water partition coefficient (Wildman–Crippen LogP) is 13.3. The van der Waals surface area contributed by atoms with Crippen molar-refractivity contribution in [2.45, 2.75) is 0 Å². The summed E-state index contributed by atoms with van der Waals surface area (Å²) in [4.78, 5) is 13.3. The van der Waals surface area contributed by atoms with Crippen LogP contribution in [0.5, 0.6) is 0 Å². The van der Waals surface area contributed by atoms with Crippen LogP contribution < -0.4 is 4.90 Å². The molecule has 0 aliphatic rings. The van der Waals surface area contributed by atoms with E-state index in [2.05, 4.69) is 204 Å². The van der Waals surface area contributed by atoms with Gasteiger partial charge in [-0.05, 0) is 88.6 Å². The molecule has 0 radical (unpaired) electrons. The van der Waals surface area contributed by atoms with E-state index in [1.54, 1.807) is 0 Å². The van der Waals surface area contributed by atoms with Crippen LogP contribution in [-0.4, -0.2) is 14.5 Å². The van der Waals surface area contributed by atoms with Crippen LogP contribution in [0.3, 0.4) is 0 Å². The fraction of sp³-hybridized carbons (Fsp3) is 0. The van der Waals surface area contributed by atoms with Crippen molar-refractivity contribution in [3.63, 3.8) is 0 Å². The summed E-state index contributed by atoms with van der Waals surface area (Å²) in [7, 11) is 0. The number of benzene rings is 9. The van der Waals surface area contributed by atoms with E-state index in [1.165, 1.54) is 11.1 Å². The van der Waals surface area contributed by atoms with Gasteiger partial charge in [-0.3, -0.25) is 0 Å². The zero-order valence-electron chi connectivity index (χ0n) is 29.3. The maximum atomic E-state index is 5.60. The molecular weight excluding hydrogens is 657 g/mol. The number of rotatable bonds is 5. The molecule has 0 aliphatic carbocycles. The third-order valence-electron chi connectivity index (χ3n) is 10.7. The van der Waals surface area contributed by atoms with Gasteiger partial charge in [-0.2, -0.15) is 0 Å². The van der Waals surface area contributed by atoms with Crippen molar-refractivity contribution in [3.8, 4) is 16.8 Å². The molecular formula is C50H32N4. The van der Waals surface area contributed by atoms with Crippen molar-refractivity contribution >= 4 is 82.5 Å². The van der Waals surface area contributed by atoms with E-state index in [1.807, 2.05) is 0 Å². The van der Waals surface area contributed by atoms with E-state index in [-0.39, 0.29) is 0 Å². The second kappa shape index (κ2) is 12.1. The zero-order chi connectivity index (χ0) is 35.6. The van der Waals surface area contributed by atoms with Crippen LogP contribution in [0, 0.1) is 0 Å². The molecule has 9 aromatic carbocycles. The van der Waals surface area contributed by atoms with Crippen molar-refractivity contribution < 1.29 is 0 Å². The molecule has 252 valence electrons. The summed E-state index contributed by atoms with van der Waals surface area (Å²) in [6.45, 7) is 0. The van der Waals surface area contributed by atoms with E-state index in [9.17, 15) is 0 Å². The molecule has 4 heteroatoms. The smallest absolute Gasteiger partial charge is 0.0995 e. The second-order valence-corrected chi connectivity index (χ2v) is 13.8. The highest BCUT2D eigenvalue weighted by atomic mass is 15.1. The van der Waals surface area contributed by atoms with E-state index in [4.69, 9.17) is 9.97 Å². The molecule has 0 spiro atoms. The zero-order valence-corrected chi connectivity index (χ0v) is 29.3. The molecule has 0 saturated heterocycles. The average Bonchev–Trinajstić information content (AvgIpc) is 3.59. The summed E-state index contributed by atoms with van der Waals surface area (Å²) in [5, 5.41) is 6.76. The molecule has 11 rings (SSSR count). The maximum Gasteiger partial charge on any atom is 0.0995 e. The molecule has 0 saturated carbocycles. The third kappa shape index (κ3) is 4.70. The van der Waals surface area contributed by atoms with Crippen LogP contribution in [0.2, 0.25) is 0 Å². The quantitative estimate of drug-likeness (QED) is 0.133. The third-order valence-corrected chi connectivity index (χ3v) is 10.7. The number of hydrogen-bond acceptors (Lipinski definition) is 3. The number of para-hydroxylation sites is 3. The Hall–Kier alpha value is -7.30. The van der Waals surface area contributed by atoms with E-state index < -0.39 is 0 Å². The first-order valence-electron chi connectivity index (χ1n) is 18.3. The van der Waals surface area contributed by atoms with Crippen molar-refractivity contribution in [2.24, 2.45) is 0 Å². The summed E-state index contributed by atoms with van der Waals surface area (Å²) < 4.78 is 2.36. The first-order chi connectivity index (χ1) is 26.8. The highest BCUT2D eigenvalue weighted by Crippen LogP contribution is 2.42. The molecule has 0 fully saturated rings. The van der Waals surface area contributed by atoms with Crippen LogP contribution in [0.25, 0.3) is 82.2 Å². The first kappa shape index (κ1) is 30.3. The molecule has 0 unspecified atom stereocenters. The number of aromatic nitrogens is 3. The van der Waals surface area contributed by atoms with Crippen molar-refractivity contribution in [1.82, 2.24) is 14.5 Å². The van der Waals surface area contributed by atoms with Gasteiger partial charge in [0.05, 0.1) is 33.1 Å². The van der Waals surface area contributed by atoms with Crippen LogP contribution in [0.15, 0.2) is 194 Å². The molecule has 0 N–H and O–H groups in total. The van der Waals surface area contributed by atoms with Crippen LogP contribution >= 0.6 is 0 Å². The Labute approximate surface area is 311 Å². The Morgan fingerprint density at radius 3 is 1.65 bits per heavy atom. The molecule has 54 heavy (non-hydrogen) atoms. The van der Waals surface area contributed by atoms with Gasteiger partial charge in [-0.15, -0.1) is 0 Å². The number of nitrogens with zero attached hydrogens (tertiary/aromatic N) is 4. The van der Waals surface area contributed by atoms with Gasteiger partial charge in [-0.25, -0.2) is 9.97 Å². The first-order valence-corrected chi connectivity index (χ1v) is 18.3. The topological polar surface area (TPSA) is 34.0 Å².